The second-order valence-electron chi connectivity index (χ2n) is 10.8. The Bertz CT molecular complexity index is 1650. The number of aromatic nitrogens is 2. The molecule has 0 radical (unpaired) electrons. The number of hydrogen-bond acceptors (Lipinski definition) is 5. The molecule has 8 nitrogen and oxygen atoms in total. The van der Waals surface area contributed by atoms with E-state index >= 15 is 0 Å². The third kappa shape index (κ3) is 9.21. The van der Waals surface area contributed by atoms with E-state index in [1.165, 1.54) is 0 Å². The first-order chi connectivity index (χ1) is 21.7. The molecular weight excluding hydrogens is 627 g/mol. The number of imidazole rings is 1. The summed E-state index contributed by atoms with van der Waals surface area (Å²) >= 11 is 18.9. The molecule has 1 amide bonds. The number of anilines is 1. The highest BCUT2D eigenvalue weighted by molar-refractivity contribution is 7.80. The van der Waals surface area contributed by atoms with Crippen LogP contribution >= 0.6 is 35.4 Å². The van der Waals surface area contributed by atoms with Gasteiger partial charge in [0.15, 0.2) is 5.11 Å². The molecule has 4 rings (SSSR count). The monoisotopic (exact) mass is 662 g/mol. The number of nitrogens with one attached hydrogen (secondary N) is 2. The maximum absolute atomic E-state index is 13.5. The first-order valence-corrected chi connectivity index (χ1v) is 15.8. The van der Waals surface area contributed by atoms with Gasteiger partial charge in [0.2, 0.25) is 5.91 Å². The Labute approximate surface area is 279 Å². The number of carbonyl (C=O) groups is 1. The molecule has 1 heterocycles. The lowest BCUT2D eigenvalue weighted by molar-refractivity contribution is -0.121. The molecule has 0 spiro atoms. The van der Waals surface area contributed by atoms with Crippen molar-refractivity contribution >= 4 is 52.1 Å². The summed E-state index contributed by atoms with van der Waals surface area (Å²) in [4.78, 5) is 19.8. The van der Waals surface area contributed by atoms with Crippen LogP contribution in [0.2, 0.25) is 10.0 Å². The molecule has 2 atom stereocenters. The predicted molar refractivity (Wildman–Crippen MR) is 184 cm³/mol. The molecule has 45 heavy (non-hydrogen) atoms. The number of ether oxygens (including phenoxy) is 1. The lowest BCUT2D eigenvalue weighted by Crippen LogP contribution is -2.50. The second kappa shape index (κ2) is 16.3. The highest BCUT2D eigenvalue weighted by Crippen LogP contribution is 2.28. The van der Waals surface area contributed by atoms with Crippen LogP contribution in [0.1, 0.15) is 42.7 Å². The fraction of sp³-hybridized carbons (Fsp3) is 0.294. The number of amides is 1. The van der Waals surface area contributed by atoms with E-state index in [0.29, 0.717) is 46.1 Å². The van der Waals surface area contributed by atoms with E-state index in [1.54, 1.807) is 37.8 Å². The van der Waals surface area contributed by atoms with E-state index in [-0.39, 0.29) is 24.3 Å². The Kier molecular flexibility index (Phi) is 12.2. The maximum atomic E-state index is 13.5. The van der Waals surface area contributed by atoms with Crippen molar-refractivity contribution in [3.8, 4) is 11.8 Å². The second-order valence-corrected chi connectivity index (χ2v) is 12.0. The van der Waals surface area contributed by atoms with E-state index in [2.05, 4.69) is 35.5 Å². The van der Waals surface area contributed by atoms with E-state index in [4.69, 9.17) is 45.4 Å². The third-order valence-electron chi connectivity index (χ3n) is 7.70. The zero-order chi connectivity index (χ0) is 32.3. The quantitative estimate of drug-likeness (QED) is 0.148. The first-order valence-electron chi connectivity index (χ1n) is 14.6. The minimum Gasteiger partial charge on any atom is -0.495 e. The molecule has 4 aromatic rings. The molecular formula is C34H36Cl2N6O2S. The van der Waals surface area contributed by atoms with Gasteiger partial charge in [0.1, 0.15) is 5.75 Å². The molecule has 1 aromatic heterocycles. The number of hydrogen-bond donors (Lipinski definition) is 2. The van der Waals surface area contributed by atoms with Gasteiger partial charge in [-0.2, -0.15) is 5.26 Å². The van der Waals surface area contributed by atoms with Gasteiger partial charge in [-0.05, 0) is 59.6 Å². The van der Waals surface area contributed by atoms with Crippen LogP contribution < -0.4 is 15.4 Å². The Morgan fingerprint density at radius 2 is 1.89 bits per heavy atom. The summed E-state index contributed by atoms with van der Waals surface area (Å²) in [5.41, 5.74) is 3.94. The van der Waals surface area contributed by atoms with Gasteiger partial charge in [-0.1, -0.05) is 79.9 Å². The van der Waals surface area contributed by atoms with Gasteiger partial charge in [-0.15, -0.1) is 0 Å². The van der Waals surface area contributed by atoms with Crippen LogP contribution in [0.25, 0.3) is 0 Å². The molecule has 0 unspecified atom stereocenters. The Balaban J connectivity index is 1.53. The molecule has 0 saturated heterocycles. The Morgan fingerprint density at radius 1 is 1.13 bits per heavy atom. The van der Waals surface area contributed by atoms with Crippen molar-refractivity contribution in [2.45, 2.75) is 45.8 Å². The SMILES string of the molecule is CC[C@H](C)[C@@H](CN(Cc1cccc(Cl)c1Cl)C(=S)Nc1ccccc1OC)NC(=O)Cc1cncn1Cc1ccc(C#N)cc1. The van der Waals surface area contributed by atoms with Gasteiger partial charge in [0.25, 0.3) is 0 Å². The summed E-state index contributed by atoms with van der Waals surface area (Å²) in [5, 5.41) is 17.1. The number of benzene rings is 3. The first kappa shape index (κ1) is 33.8. The fourth-order valence-corrected chi connectivity index (χ4v) is 5.50. The van der Waals surface area contributed by atoms with Crippen LogP contribution in [0, 0.1) is 17.2 Å². The van der Waals surface area contributed by atoms with E-state index in [0.717, 1.165) is 28.9 Å². The fourth-order valence-electron chi connectivity index (χ4n) is 4.87. The van der Waals surface area contributed by atoms with Crippen molar-refractivity contribution in [2.24, 2.45) is 5.92 Å². The van der Waals surface area contributed by atoms with Crippen molar-refractivity contribution in [3.05, 3.63) is 112 Å². The lowest BCUT2D eigenvalue weighted by Gasteiger charge is -2.33. The summed E-state index contributed by atoms with van der Waals surface area (Å²) in [6, 6.07) is 22.3. The number of para-hydroxylation sites is 2. The van der Waals surface area contributed by atoms with Crippen LogP contribution in [0.3, 0.4) is 0 Å². The molecule has 0 bridgehead atoms. The molecule has 11 heteroatoms. The van der Waals surface area contributed by atoms with Gasteiger partial charge >= 0.3 is 0 Å². The lowest BCUT2D eigenvalue weighted by atomic mass is 9.98. The average Bonchev–Trinajstić information content (AvgIpc) is 3.48. The number of methoxy groups -OCH3 is 1. The number of halogens is 2. The zero-order valence-electron chi connectivity index (χ0n) is 25.5. The predicted octanol–water partition coefficient (Wildman–Crippen LogP) is 7.09. The van der Waals surface area contributed by atoms with Crippen LogP contribution in [0.4, 0.5) is 5.69 Å². The summed E-state index contributed by atoms with van der Waals surface area (Å²) in [7, 11) is 1.61. The largest absolute Gasteiger partial charge is 0.495 e. The maximum Gasteiger partial charge on any atom is 0.226 e. The van der Waals surface area contributed by atoms with Gasteiger partial charge in [-0.3, -0.25) is 4.79 Å². The molecule has 0 aliphatic rings. The zero-order valence-corrected chi connectivity index (χ0v) is 27.8. The average molecular weight is 664 g/mol. The highest BCUT2D eigenvalue weighted by Gasteiger charge is 2.25. The minimum atomic E-state index is -0.229. The Hall–Kier alpha value is -4.10. The van der Waals surface area contributed by atoms with Crippen molar-refractivity contribution < 1.29 is 9.53 Å². The minimum absolute atomic E-state index is 0.119. The highest BCUT2D eigenvalue weighted by atomic mass is 35.5. The molecule has 234 valence electrons. The van der Waals surface area contributed by atoms with Crippen molar-refractivity contribution in [2.75, 3.05) is 19.0 Å². The van der Waals surface area contributed by atoms with E-state index < -0.39 is 0 Å². The van der Waals surface area contributed by atoms with Crippen molar-refractivity contribution in [1.82, 2.24) is 19.8 Å². The van der Waals surface area contributed by atoms with Gasteiger partial charge in [0.05, 0.1) is 47.2 Å². The summed E-state index contributed by atoms with van der Waals surface area (Å²) < 4.78 is 7.46. The van der Waals surface area contributed by atoms with Gasteiger partial charge in [0, 0.05) is 37.6 Å². The van der Waals surface area contributed by atoms with Gasteiger partial charge in [-0.25, -0.2) is 4.98 Å². The van der Waals surface area contributed by atoms with Crippen LogP contribution in [-0.4, -0.2) is 45.2 Å². The number of rotatable bonds is 13. The standard InChI is InChI=1S/C34H36Cl2N6O2S/c1-4-23(2)30(39-32(43)16-27-18-38-22-42(27)19-25-14-12-24(17-37)13-15-25)21-41(20-26-8-7-9-28(35)33(26)36)34(45)40-29-10-5-6-11-31(29)44-3/h5-15,18,22-23,30H,4,16,19-21H2,1-3H3,(H,39,43)(H,40,45)/t23-,30+/m0/s1. The van der Waals surface area contributed by atoms with Gasteiger partial charge < -0.3 is 24.8 Å². The molecule has 3 aromatic carbocycles. The van der Waals surface area contributed by atoms with E-state index in [9.17, 15) is 4.79 Å². The Morgan fingerprint density at radius 3 is 2.60 bits per heavy atom. The van der Waals surface area contributed by atoms with Crippen LogP contribution in [0.15, 0.2) is 79.3 Å². The molecule has 0 saturated carbocycles. The number of nitriles is 1. The third-order valence-corrected chi connectivity index (χ3v) is 8.92. The van der Waals surface area contributed by atoms with Crippen LogP contribution in [-0.2, 0) is 24.3 Å². The smallest absolute Gasteiger partial charge is 0.226 e. The number of thiocarbonyl (C=S) groups is 1. The molecule has 0 aliphatic heterocycles. The number of nitrogens with zero attached hydrogens (tertiary/aromatic N) is 4. The molecule has 0 fully saturated rings. The molecule has 2 N–H and O–H groups in total. The molecule has 0 aliphatic carbocycles. The van der Waals surface area contributed by atoms with E-state index in [1.807, 2.05) is 58.0 Å². The normalized spacial score (nSPS) is 12.1. The summed E-state index contributed by atoms with van der Waals surface area (Å²) in [5.74, 6) is 0.681. The summed E-state index contributed by atoms with van der Waals surface area (Å²) in [6.07, 6.45) is 4.43. The summed E-state index contributed by atoms with van der Waals surface area (Å²) in [6.45, 7) is 5.55. The topological polar surface area (TPSA) is 95.2 Å². The van der Waals surface area contributed by atoms with Crippen molar-refractivity contribution in [3.63, 3.8) is 0 Å². The van der Waals surface area contributed by atoms with Crippen molar-refractivity contribution in [1.29, 1.82) is 5.26 Å². The number of carbonyl (C=O) groups excluding carboxylic acids is 1. The van der Waals surface area contributed by atoms with Crippen LogP contribution in [0.5, 0.6) is 5.75 Å².